The third-order valence-electron chi connectivity index (χ3n) is 9.27. The molecule has 3 fully saturated rings. The molecular weight excluding hydrogens is 666 g/mol. The van der Waals surface area contributed by atoms with Gasteiger partial charge in [-0.15, -0.1) is 0 Å². The minimum absolute atomic E-state index is 0.220. The molecule has 4 aromatic rings. The number of halogens is 1. The summed E-state index contributed by atoms with van der Waals surface area (Å²) in [6.45, 7) is 8.89. The van der Waals surface area contributed by atoms with Gasteiger partial charge in [-0.3, -0.25) is 0 Å². The highest BCUT2D eigenvalue weighted by molar-refractivity contribution is 6.28. The van der Waals surface area contributed by atoms with Crippen molar-refractivity contribution in [3.63, 3.8) is 0 Å². The predicted octanol–water partition coefficient (Wildman–Crippen LogP) is 6.20. The van der Waals surface area contributed by atoms with E-state index < -0.39 is 6.29 Å². The van der Waals surface area contributed by atoms with Crippen LogP contribution in [0.25, 0.3) is 11.0 Å². The maximum absolute atomic E-state index is 9.57. The first-order chi connectivity index (χ1) is 25.0. The van der Waals surface area contributed by atoms with Crippen molar-refractivity contribution < 1.29 is 9.47 Å². The van der Waals surface area contributed by atoms with Crippen LogP contribution < -0.4 is 20.9 Å². The molecule has 0 spiro atoms. The molecule has 3 N–H and O–H groups in total. The van der Waals surface area contributed by atoms with Crippen LogP contribution in [0.1, 0.15) is 82.5 Å². The number of hydrogen-bond acceptors (Lipinski definition) is 12. The number of aromatic nitrogens is 6. The van der Waals surface area contributed by atoms with E-state index in [1.807, 2.05) is 32.2 Å². The third kappa shape index (κ3) is 9.63. The van der Waals surface area contributed by atoms with Crippen molar-refractivity contribution in [3.8, 4) is 17.9 Å². The minimum atomic E-state index is -0.537. The zero-order valence-electron chi connectivity index (χ0n) is 29.4. The highest BCUT2D eigenvalue weighted by Crippen LogP contribution is 2.34. The zero-order chi connectivity index (χ0) is 35.4. The number of hydrogen-bond donors (Lipinski definition) is 3. The van der Waals surface area contributed by atoms with Crippen molar-refractivity contribution in [2.24, 2.45) is 0 Å². The maximum Gasteiger partial charge on any atom is 0.230 e. The molecule has 0 unspecified atom stereocenters. The summed E-state index contributed by atoms with van der Waals surface area (Å²) < 4.78 is 12.9. The number of rotatable bonds is 10. The Labute approximate surface area is 304 Å². The lowest BCUT2D eigenvalue weighted by Crippen LogP contribution is -2.43. The average molecular weight is 712 g/mol. The Bertz CT molecular complexity index is 1830. The molecule has 1 saturated heterocycles. The SMILES string of the molecule is CCOC(C#Cc1cnc(Cl)nc1NC1CCCC1)OCC.N#Cc1cc2cnc(Nc3ccc(N4CCNCC4)cn3)nc2n1C1CCCC1. The molecular formula is C37H46ClN11O2. The number of anilines is 4. The zero-order valence-corrected chi connectivity index (χ0v) is 30.1. The van der Waals surface area contributed by atoms with Crippen molar-refractivity contribution in [3.05, 3.63) is 53.3 Å². The van der Waals surface area contributed by atoms with Crippen LogP contribution in [0, 0.1) is 23.2 Å². The molecule has 0 aromatic carbocycles. The van der Waals surface area contributed by atoms with Gasteiger partial charge in [0.2, 0.25) is 17.5 Å². The Morgan fingerprint density at radius 2 is 1.71 bits per heavy atom. The van der Waals surface area contributed by atoms with E-state index in [1.54, 1.807) is 12.4 Å². The summed E-state index contributed by atoms with van der Waals surface area (Å²) in [5, 5.41) is 20.7. The number of nitrogens with zero attached hydrogens (tertiary/aromatic N) is 8. The number of ether oxygens (including phenoxy) is 2. The van der Waals surface area contributed by atoms with Crippen LogP contribution in [0.5, 0.6) is 0 Å². The van der Waals surface area contributed by atoms with Gasteiger partial charge in [0.05, 0.1) is 17.4 Å². The van der Waals surface area contributed by atoms with Crippen molar-refractivity contribution in [1.82, 2.24) is 34.8 Å². The molecule has 0 atom stereocenters. The van der Waals surface area contributed by atoms with Gasteiger partial charge in [-0.1, -0.05) is 31.6 Å². The number of piperazine rings is 1. The van der Waals surface area contributed by atoms with Crippen molar-refractivity contribution in [2.75, 3.05) is 54.9 Å². The first kappa shape index (κ1) is 36.3. The number of fused-ring (bicyclic) bond motifs is 1. The molecule has 14 heteroatoms. The largest absolute Gasteiger partial charge is 0.368 e. The van der Waals surface area contributed by atoms with Crippen LogP contribution >= 0.6 is 11.6 Å². The van der Waals surface area contributed by atoms with Gasteiger partial charge >= 0.3 is 0 Å². The fourth-order valence-corrected chi connectivity index (χ4v) is 6.90. The Kier molecular flexibility index (Phi) is 12.9. The molecule has 4 aromatic heterocycles. The van der Waals surface area contributed by atoms with Gasteiger partial charge in [-0.05, 0) is 75.3 Å². The lowest BCUT2D eigenvalue weighted by molar-refractivity contribution is -0.0969. The Morgan fingerprint density at radius 1 is 0.961 bits per heavy atom. The smallest absolute Gasteiger partial charge is 0.230 e. The van der Waals surface area contributed by atoms with E-state index in [1.165, 1.54) is 25.7 Å². The molecule has 1 aliphatic heterocycles. The Morgan fingerprint density at radius 3 is 2.39 bits per heavy atom. The second-order valence-electron chi connectivity index (χ2n) is 12.7. The second-order valence-corrected chi connectivity index (χ2v) is 13.1. The molecule has 3 aliphatic rings. The monoisotopic (exact) mass is 711 g/mol. The lowest BCUT2D eigenvalue weighted by Gasteiger charge is -2.29. The van der Waals surface area contributed by atoms with Gasteiger partial charge in [0.15, 0.2) is 0 Å². The third-order valence-corrected chi connectivity index (χ3v) is 9.45. The topological polar surface area (TPSA) is 151 Å². The van der Waals surface area contributed by atoms with Gasteiger partial charge in [-0.25, -0.2) is 15.0 Å². The first-order valence-electron chi connectivity index (χ1n) is 18.0. The molecule has 0 bridgehead atoms. The number of pyridine rings is 1. The van der Waals surface area contributed by atoms with E-state index in [4.69, 9.17) is 26.1 Å². The maximum atomic E-state index is 9.57. The van der Waals surface area contributed by atoms with E-state index in [0.717, 1.165) is 68.6 Å². The molecule has 2 aliphatic carbocycles. The molecule has 0 radical (unpaired) electrons. The second kappa shape index (κ2) is 18.1. The van der Waals surface area contributed by atoms with E-state index in [2.05, 4.69) is 69.3 Å². The van der Waals surface area contributed by atoms with E-state index in [-0.39, 0.29) is 5.28 Å². The molecule has 5 heterocycles. The van der Waals surface area contributed by atoms with Crippen LogP contribution in [-0.4, -0.2) is 81.2 Å². The molecule has 2 saturated carbocycles. The van der Waals surface area contributed by atoms with Gasteiger partial charge < -0.3 is 34.9 Å². The first-order valence-corrected chi connectivity index (χ1v) is 18.4. The Balaban J connectivity index is 0.000000183. The lowest BCUT2D eigenvalue weighted by atomic mass is 10.2. The minimum Gasteiger partial charge on any atom is -0.368 e. The summed E-state index contributed by atoms with van der Waals surface area (Å²) in [7, 11) is 0. The average Bonchev–Trinajstić information content (AvgIpc) is 3.94. The standard InChI is InChI=1S/C21H24N8.C16H22ClN3O2/c22-12-18-11-15-13-25-21(27-20(15)29(18)16-3-1-2-4-16)26-19-6-5-17(14-24-19)28-9-7-23-8-10-28;1-3-21-14(22-4-2)10-9-12-11-18-16(17)20-15(12)19-13-7-5-6-8-13/h5-6,11,13-14,16,23H,1-4,7-10H2,(H,24,25,26,27);11,13-14H,3-8H2,1-2H3,(H,18,19,20). The summed E-state index contributed by atoms with van der Waals surface area (Å²) in [5.74, 6) is 7.90. The summed E-state index contributed by atoms with van der Waals surface area (Å²) in [6.07, 6.45) is 14.2. The summed E-state index contributed by atoms with van der Waals surface area (Å²) in [6, 6.07) is 9.03. The normalized spacial score (nSPS) is 16.4. The molecule has 51 heavy (non-hydrogen) atoms. The van der Waals surface area contributed by atoms with Crippen molar-refractivity contribution in [2.45, 2.75) is 83.6 Å². The summed E-state index contributed by atoms with van der Waals surface area (Å²) >= 11 is 5.90. The fraction of sp³-hybridized carbons (Fsp3) is 0.514. The molecule has 0 amide bonds. The van der Waals surface area contributed by atoms with Crippen molar-refractivity contribution >= 4 is 45.9 Å². The van der Waals surface area contributed by atoms with Crippen LogP contribution in [0.15, 0.2) is 36.8 Å². The highest BCUT2D eigenvalue weighted by Gasteiger charge is 2.23. The molecule has 268 valence electrons. The van der Waals surface area contributed by atoms with Gasteiger partial charge in [0.25, 0.3) is 0 Å². The predicted molar refractivity (Wildman–Crippen MR) is 199 cm³/mol. The highest BCUT2D eigenvalue weighted by atomic mass is 35.5. The van der Waals surface area contributed by atoms with E-state index in [0.29, 0.717) is 54.1 Å². The van der Waals surface area contributed by atoms with Crippen LogP contribution in [0.4, 0.5) is 23.3 Å². The van der Waals surface area contributed by atoms with Crippen molar-refractivity contribution in [1.29, 1.82) is 5.26 Å². The van der Waals surface area contributed by atoms with Gasteiger partial charge in [0.1, 0.15) is 29.0 Å². The quantitative estimate of drug-likeness (QED) is 0.0976. The van der Waals surface area contributed by atoms with Crippen LogP contribution in [0.3, 0.4) is 0 Å². The van der Waals surface area contributed by atoms with E-state index >= 15 is 0 Å². The van der Waals surface area contributed by atoms with Crippen LogP contribution in [0.2, 0.25) is 5.28 Å². The summed E-state index contributed by atoms with van der Waals surface area (Å²) in [5.41, 5.74) is 3.32. The van der Waals surface area contributed by atoms with Gasteiger partial charge in [0, 0.05) is 69.3 Å². The summed E-state index contributed by atoms with van der Waals surface area (Å²) in [4.78, 5) is 24.3. The Hall–Kier alpha value is -4.53. The van der Waals surface area contributed by atoms with Crippen LogP contribution in [-0.2, 0) is 9.47 Å². The number of nitrogens with one attached hydrogen (secondary N) is 3. The van der Waals surface area contributed by atoms with E-state index in [9.17, 15) is 5.26 Å². The molecule has 13 nitrogen and oxygen atoms in total. The van der Waals surface area contributed by atoms with Gasteiger partial charge in [-0.2, -0.15) is 15.2 Å². The molecule has 7 rings (SSSR count). The number of nitriles is 1. The fourth-order valence-electron chi connectivity index (χ4n) is 6.77.